The van der Waals surface area contributed by atoms with Gasteiger partial charge >= 0.3 is 5.97 Å². The number of pyridine rings is 1. The van der Waals surface area contributed by atoms with E-state index in [1.807, 2.05) is 18.4 Å². The van der Waals surface area contributed by atoms with Crippen molar-refractivity contribution in [1.82, 2.24) is 9.88 Å². The Morgan fingerprint density at radius 3 is 2.49 bits per heavy atom. The molecule has 1 aliphatic carbocycles. The predicted molar refractivity (Wildman–Crippen MR) is 137 cm³/mol. The molecule has 0 unspecified atom stereocenters. The molecular weight excluding hydrogens is 449 g/mol. The number of rotatable bonds is 11. The summed E-state index contributed by atoms with van der Waals surface area (Å²) in [5, 5.41) is 15.2. The molecule has 1 aromatic carbocycles. The number of carboxylic acids is 1. The number of benzene rings is 1. The van der Waals surface area contributed by atoms with E-state index in [0.29, 0.717) is 24.0 Å². The smallest absolute Gasteiger partial charge is 0.303 e. The first-order valence-electron chi connectivity index (χ1n) is 12.9. The van der Waals surface area contributed by atoms with Gasteiger partial charge in [-0.25, -0.2) is 4.39 Å². The molecule has 1 heterocycles. The molecule has 2 aromatic rings. The summed E-state index contributed by atoms with van der Waals surface area (Å²) in [6, 6.07) is 2.95. The Hall–Kier alpha value is -2.90. The number of carbonyl (C=O) groups excluding carboxylic acids is 1. The van der Waals surface area contributed by atoms with Crippen molar-refractivity contribution in [3.63, 3.8) is 0 Å². The van der Waals surface area contributed by atoms with E-state index in [2.05, 4.69) is 10.6 Å². The topological polar surface area (TPSA) is 100 Å². The SMILES string of the molecule is CCC(CC)n1cc(C(=O)N[C@H](C)CCCC(=O)O)c(=O)c2cc(F)c(NC3CCCCC3)cc21. The lowest BCUT2D eigenvalue weighted by atomic mass is 9.95. The van der Waals surface area contributed by atoms with Crippen LogP contribution < -0.4 is 16.1 Å². The van der Waals surface area contributed by atoms with Crippen molar-refractivity contribution in [2.24, 2.45) is 0 Å². The molecule has 192 valence electrons. The highest BCUT2D eigenvalue weighted by Gasteiger charge is 2.22. The highest BCUT2D eigenvalue weighted by atomic mass is 19.1. The summed E-state index contributed by atoms with van der Waals surface area (Å²) in [5.74, 6) is -1.90. The molecule has 1 amide bonds. The van der Waals surface area contributed by atoms with Crippen LogP contribution in [-0.2, 0) is 4.79 Å². The van der Waals surface area contributed by atoms with Gasteiger partial charge in [-0.15, -0.1) is 0 Å². The number of fused-ring (bicyclic) bond motifs is 1. The van der Waals surface area contributed by atoms with Crippen LogP contribution in [0.15, 0.2) is 23.1 Å². The van der Waals surface area contributed by atoms with Gasteiger partial charge in [-0.1, -0.05) is 33.1 Å². The molecule has 35 heavy (non-hydrogen) atoms. The summed E-state index contributed by atoms with van der Waals surface area (Å²) in [6.07, 6.45) is 9.57. The molecule has 1 aliphatic rings. The number of aromatic nitrogens is 1. The lowest BCUT2D eigenvalue weighted by Crippen LogP contribution is -2.36. The van der Waals surface area contributed by atoms with Gasteiger partial charge in [0.25, 0.3) is 5.91 Å². The number of hydrogen-bond donors (Lipinski definition) is 3. The van der Waals surface area contributed by atoms with Crippen LogP contribution in [-0.4, -0.2) is 33.6 Å². The highest BCUT2D eigenvalue weighted by molar-refractivity contribution is 5.98. The van der Waals surface area contributed by atoms with Gasteiger partial charge in [-0.2, -0.15) is 0 Å². The van der Waals surface area contributed by atoms with Crippen LogP contribution in [0, 0.1) is 5.82 Å². The standard InChI is InChI=1S/C27H38FN3O4/c1-4-19(5-2)31-16-21(27(35)29-17(3)10-9-13-25(32)33)26(34)20-14-22(28)23(15-24(20)31)30-18-11-7-6-8-12-18/h14-19,30H,4-13H2,1-3H3,(H,29,35)(H,32,33)/t17-/m1/s1. The molecule has 0 saturated heterocycles. The summed E-state index contributed by atoms with van der Waals surface area (Å²) >= 11 is 0. The van der Waals surface area contributed by atoms with Crippen molar-refractivity contribution in [2.45, 2.75) is 103 Å². The number of nitrogens with zero attached hydrogens (tertiary/aromatic N) is 1. The maximum atomic E-state index is 15.1. The number of amides is 1. The van der Waals surface area contributed by atoms with E-state index >= 15 is 4.39 Å². The first kappa shape index (κ1) is 26.7. The molecule has 1 aromatic heterocycles. The van der Waals surface area contributed by atoms with Gasteiger partial charge < -0.3 is 20.3 Å². The Bertz CT molecular complexity index is 1100. The summed E-state index contributed by atoms with van der Waals surface area (Å²) in [4.78, 5) is 37.1. The third kappa shape index (κ3) is 6.61. The molecule has 1 atom stereocenters. The number of carboxylic acid groups (broad SMARTS) is 1. The van der Waals surface area contributed by atoms with E-state index in [9.17, 15) is 14.4 Å². The van der Waals surface area contributed by atoms with E-state index < -0.39 is 23.1 Å². The Morgan fingerprint density at radius 1 is 1.17 bits per heavy atom. The minimum absolute atomic E-state index is 0.0220. The molecule has 0 radical (unpaired) electrons. The maximum absolute atomic E-state index is 15.1. The molecule has 3 rings (SSSR count). The zero-order valence-electron chi connectivity index (χ0n) is 21.0. The monoisotopic (exact) mass is 487 g/mol. The van der Waals surface area contributed by atoms with Crippen LogP contribution >= 0.6 is 0 Å². The maximum Gasteiger partial charge on any atom is 0.303 e. The minimum Gasteiger partial charge on any atom is -0.481 e. The quantitative estimate of drug-likeness (QED) is 0.382. The number of nitrogens with one attached hydrogen (secondary N) is 2. The van der Waals surface area contributed by atoms with Crippen LogP contribution in [0.1, 0.15) is 101 Å². The molecule has 7 nitrogen and oxygen atoms in total. The van der Waals surface area contributed by atoms with Crippen molar-refractivity contribution >= 4 is 28.5 Å². The zero-order chi connectivity index (χ0) is 25.5. The van der Waals surface area contributed by atoms with Crippen molar-refractivity contribution in [1.29, 1.82) is 0 Å². The average molecular weight is 488 g/mol. The highest BCUT2D eigenvalue weighted by Crippen LogP contribution is 2.29. The Balaban J connectivity index is 1.98. The number of anilines is 1. The molecule has 0 bridgehead atoms. The molecule has 0 spiro atoms. The first-order valence-corrected chi connectivity index (χ1v) is 12.9. The van der Waals surface area contributed by atoms with Gasteiger partial charge in [0, 0.05) is 36.1 Å². The summed E-state index contributed by atoms with van der Waals surface area (Å²) < 4.78 is 17.1. The second kappa shape index (κ2) is 12.2. The van der Waals surface area contributed by atoms with Gasteiger partial charge in [-0.3, -0.25) is 14.4 Å². The number of aliphatic carboxylic acids is 1. The molecule has 1 fully saturated rings. The lowest BCUT2D eigenvalue weighted by Gasteiger charge is -2.26. The number of hydrogen-bond acceptors (Lipinski definition) is 4. The third-order valence-corrected chi connectivity index (χ3v) is 7.07. The molecule has 0 aliphatic heterocycles. The van der Waals surface area contributed by atoms with Gasteiger partial charge in [0.1, 0.15) is 11.4 Å². The Morgan fingerprint density at radius 2 is 1.86 bits per heavy atom. The van der Waals surface area contributed by atoms with E-state index in [1.165, 1.54) is 12.5 Å². The third-order valence-electron chi connectivity index (χ3n) is 7.07. The summed E-state index contributed by atoms with van der Waals surface area (Å²) in [5.41, 5.74) is 0.490. The van der Waals surface area contributed by atoms with E-state index in [4.69, 9.17) is 5.11 Å². The average Bonchev–Trinajstić information content (AvgIpc) is 2.82. The van der Waals surface area contributed by atoms with Gasteiger partial charge in [0.15, 0.2) is 0 Å². The predicted octanol–water partition coefficient (Wildman–Crippen LogP) is 5.62. The van der Waals surface area contributed by atoms with Gasteiger partial charge in [-0.05, 0) is 57.6 Å². The normalized spacial score (nSPS) is 15.3. The fraction of sp³-hybridized carbons (Fsp3) is 0.593. The Kier molecular flexibility index (Phi) is 9.29. The van der Waals surface area contributed by atoms with Crippen LogP contribution in [0.4, 0.5) is 10.1 Å². The molecule has 8 heteroatoms. The van der Waals surface area contributed by atoms with Gasteiger partial charge in [0.05, 0.1) is 11.2 Å². The van der Waals surface area contributed by atoms with Crippen molar-refractivity contribution < 1.29 is 19.1 Å². The summed E-state index contributed by atoms with van der Waals surface area (Å²) in [6.45, 7) is 5.88. The van der Waals surface area contributed by atoms with Crippen molar-refractivity contribution in [3.8, 4) is 0 Å². The fourth-order valence-electron chi connectivity index (χ4n) is 5.03. The number of halogens is 1. The lowest BCUT2D eigenvalue weighted by molar-refractivity contribution is -0.137. The van der Waals surface area contributed by atoms with Crippen LogP contribution in [0.5, 0.6) is 0 Å². The minimum atomic E-state index is -0.884. The fourth-order valence-corrected chi connectivity index (χ4v) is 5.03. The Labute approximate surface area is 206 Å². The second-order valence-corrected chi connectivity index (χ2v) is 9.74. The molecular formula is C27H38FN3O4. The molecule has 3 N–H and O–H groups in total. The largest absolute Gasteiger partial charge is 0.481 e. The van der Waals surface area contributed by atoms with Gasteiger partial charge in [0.2, 0.25) is 5.43 Å². The van der Waals surface area contributed by atoms with E-state index in [1.54, 1.807) is 19.2 Å². The number of carbonyl (C=O) groups is 2. The second-order valence-electron chi connectivity index (χ2n) is 9.74. The zero-order valence-corrected chi connectivity index (χ0v) is 21.0. The summed E-state index contributed by atoms with van der Waals surface area (Å²) in [7, 11) is 0. The van der Waals surface area contributed by atoms with Crippen molar-refractivity contribution in [2.75, 3.05) is 5.32 Å². The van der Waals surface area contributed by atoms with Crippen LogP contribution in [0.25, 0.3) is 10.9 Å². The van der Waals surface area contributed by atoms with Crippen LogP contribution in [0.2, 0.25) is 0 Å². The molecule has 1 saturated carbocycles. The van der Waals surface area contributed by atoms with E-state index in [-0.39, 0.29) is 35.5 Å². The van der Waals surface area contributed by atoms with Crippen molar-refractivity contribution in [3.05, 3.63) is 39.9 Å². The van der Waals surface area contributed by atoms with E-state index in [0.717, 1.165) is 38.5 Å². The first-order chi connectivity index (χ1) is 16.7. The van der Waals surface area contributed by atoms with Crippen LogP contribution in [0.3, 0.4) is 0 Å².